The van der Waals surface area contributed by atoms with E-state index >= 15 is 0 Å². The van der Waals surface area contributed by atoms with Crippen LogP contribution in [0.2, 0.25) is 0 Å². The third-order valence-corrected chi connectivity index (χ3v) is 8.51. The van der Waals surface area contributed by atoms with Crippen molar-refractivity contribution in [3.8, 4) is 0 Å². The number of carboxylic acids is 1. The SMILES string of the molecule is CC(C)C[C@@H](C(=O)[O-])N1C(=O)[C@@H]2[C@@H]3C[C@@H]([C@H](Br)[C@H]3Br)[C@@H]2C1=O. The van der Waals surface area contributed by atoms with Gasteiger partial charge in [-0.2, -0.15) is 0 Å². The summed E-state index contributed by atoms with van der Waals surface area (Å²) in [6, 6.07) is -1.15. The van der Waals surface area contributed by atoms with E-state index in [4.69, 9.17) is 0 Å². The van der Waals surface area contributed by atoms with Crippen molar-refractivity contribution >= 4 is 49.6 Å². The maximum absolute atomic E-state index is 12.7. The second-order valence-corrected chi connectivity index (χ2v) is 9.13. The molecule has 0 aromatic rings. The molecule has 1 aliphatic heterocycles. The van der Waals surface area contributed by atoms with Gasteiger partial charge in [0.1, 0.15) is 0 Å². The van der Waals surface area contributed by atoms with Crippen LogP contribution in [0.5, 0.6) is 0 Å². The maximum Gasteiger partial charge on any atom is 0.234 e. The zero-order valence-corrected chi connectivity index (χ0v) is 15.5. The van der Waals surface area contributed by atoms with Gasteiger partial charge < -0.3 is 9.90 Å². The molecule has 2 bridgehead atoms. The van der Waals surface area contributed by atoms with Gasteiger partial charge in [-0.05, 0) is 30.6 Å². The first kappa shape index (κ1) is 16.4. The molecule has 7 atom stereocenters. The molecule has 7 heteroatoms. The van der Waals surface area contributed by atoms with E-state index in [1.54, 1.807) is 0 Å². The molecule has 0 spiro atoms. The summed E-state index contributed by atoms with van der Waals surface area (Å²) in [6.07, 6.45) is 1.08. The second kappa shape index (κ2) is 5.58. The number of carbonyl (C=O) groups is 3. The van der Waals surface area contributed by atoms with Crippen molar-refractivity contribution in [2.24, 2.45) is 29.6 Å². The van der Waals surface area contributed by atoms with Gasteiger partial charge in [-0.3, -0.25) is 14.5 Å². The van der Waals surface area contributed by atoms with E-state index < -0.39 is 12.0 Å². The minimum absolute atomic E-state index is 0.0634. The third kappa shape index (κ3) is 2.19. The predicted octanol–water partition coefficient (Wildman–Crippen LogP) is 0.929. The van der Waals surface area contributed by atoms with Crippen molar-refractivity contribution in [3.63, 3.8) is 0 Å². The lowest BCUT2D eigenvalue weighted by atomic mass is 9.81. The summed E-state index contributed by atoms with van der Waals surface area (Å²) < 4.78 is 0. The molecule has 0 aromatic heterocycles. The van der Waals surface area contributed by atoms with Gasteiger partial charge >= 0.3 is 0 Å². The van der Waals surface area contributed by atoms with E-state index in [9.17, 15) is 19.5 Å². The van der Waals surface area contributed by atoms with Crippen LogP contribution in [0, 0.1) is 29.6 Å². The van der Waals surface area contributed by atoms with Crippen LogP contribution in [0.4, 0.5) is 0 Å². The van der Waals surface area contributed by atoms with E-state index in [0.717, 1.165) is 11.3 Å². The lowest BCUT2D eigenvalue weighted by Gasteiger charge is -2.29. The number of halogens is 2. The highest BCUT2D eigenvalue weighted by Gasteiger charge is 2.67. The first-order valence-electron chi connectivity index (χ1n) is 7.61. The number of hydrogen-bond acceptors (Lipinski definition) is 4. The van der Waals surface area contributed by atoms with Crippen molar-refractivity contribution < 1.29 is 19.5 Å². The summed E-state index contributed by atoms with van der Waals surface area (Å²) in [5.74, 6) is -2.46. The van der Waals surface area contributed by atoms with Gasteiger partial charge in [0.05, 0.1) is 23.8 Å². The van der Waals surface area contributed by atoms with E-state index in [1.165, 1.54) is 0 Å². The van der Waals surface area contributed by atoms with Crippen LogP contribution in [0.1, 0.15) is 26.7 Å². The number of carboxylic acid groups (broad SMARTS) is 1. The van der Waals surface area contributed by atoms with Gasteiger partial charge in [0.25, 0.3) is 0 Å². The van der Waals surface area contributed by atoms with Gasteiger partial charge in [-0.1, -0.05) is 45.7 Å². The number of likely N-dealkylation sites (tertiary alicyclic amines) is 1. The van der Waals surface area contributed by atoms with Gasteiger partial charge in [-0.15, -0.1) is 0 Å². The molecule has 3 rings (SSSR count). The smallest absolute Gasteiger partial charge is 0.234 e. The Balaban J connectivity index is 1.92. The van der Waals surface area contributed by atoms with Crippen LogP contribution in [0.25, 0.3) is 0 Å². The fourth-order valence-electron chi connectivity index (χ4n) is 4.43. The van der Waals surface area contributed by atoms with Crippen molar-refractivity contribution in [2.45, 2.75) is 42.4 Å². The standard InChI is InChI=1S/C15H19Br2NO4/c1-5(2)3-8(15(21)22)18-13(19)9-6-4-7(10(9)14(18)20)12(17)11(6)16/h5-12H,3-4H2,1-2H3,(H,21,22)/p-1/t6-,7+,8-,9+,10-,11-,12-/m0/s1. The Kier molecular flexibility index (Phi) is 4.17. The maximum atomic E-state index is 12.7. The Morgan fingerprint density at radius 1 is 1.18 bits per heavy atom. The molecule has 1 saturated heterocycles. The monoisotopic (exact) mass is 434 g/mol. The number of amides is 2. The quantitative estimate of drug-likeness (QED) is 0.486. The van der Waals surface area contributed by atoms with Gasteiger partial charge in [0.15, 0.2) is 0 Å². The number of nitrogens with zero attached hydrogens (tertiary/aromatic N) is 1. The molecule has 1 heterocycles. The molecule has 5 nitrogen and oxygen atoms in total. The Morgan fingerprint density at radius 2 is 1.64 bits per heavy atom. The molecule has 0 aromatic carbocycles. The average molecular weight is 436 g/mol. The highest BCUT2D eigenvalue weighted by Crippen LogP contribution is 2.60. The molecular formula is C15H18Br2NO4-. The summed E-state index contributed by atoms with van der Waals surface area (Å²) in [7, 11) is 0. The number of aliphatic carboxylic acids is 1. The van der Waals surface area contributed by atoms with E-state index in [-0.39, 0.29) is 57.5 Å². The molecule has 0 radical (unpaired) electrons. The molecule has 2 aliphatic carbocycles. The van der Waals surface area contributed by atoms with Crippen LogP contribution >= 0.6 is 31.9 Å². The number of carbonyl (C=O) groups excluding carboxylic acids is 3. The van der Waals surface area contributed by atoms with Gasteiger partial charge in [0.2, 0.25) is 11.8 Å². The largest absolute Gasteiger partial charge is 0.548 e. The average Bonchev–Trinajstić information content (AvgIpc) is 3.02. The van der Waals surface area contributed by atoms with E-state index in [1.807, 2.05) is 13.8 Å². The van der Waals surface area contributed by atoms with Crippen molar-refractivity contribution in [3.05, 3.63) is 0 Å². The molecule has 2 saturated carbocycles. The summed E-state index contributed by atoms with van der Waals surface area (Å²) >= 11 is 7.23. The molecule has 0 unspecified atom stereocenters. The summed E-state index contributed by atoms with van der Waals surface area (Å²) in [4.78, 5) is 38.3. The normalized spacial score (nSPS) is 41.4. The van der Waals surface area contributed by atoms with Crippen LogP contribution in [-0.4, -0.2) is 38.4 Å². The summed E-state index contributed by atoms with van der Waals surface area (Å²) in [5.41, 5.74) is 0. The zero-order chi connectivity index (χ0) is 16.3. The Bertz CT molecular complexity index is 506. The van der Waals surface area contributed by atoms with Crippen molar-refractivity contribution in [1.29, 1.82) is 0 Å². The lowest BCUT2D eigenvalue weighted by molar-refractivity contribution is -0.311. The van der Waals surface area contributed by atoms with Crippen molar-refractivity contribution in [1.82, 2.24) is 4.90 Å². The van der Waals surface area contributed by atoms with Crippen LogP contribution in [0.15, 0.2) is 0 Å². The fraction of sp³-hybridized carbons (Fsp3) is 0.800. The first-order chi connectivity index (χ1) is 10.3. The van der Waals surface area contributed by atoms with E-state index in [0.29, 0.717) is 0 Å². The summed E-state index contributed by atoms with van der Waals surface area (Å²) in [5, 5.41) is 11.5. The third-order valence-electron chi connectivity index (χ3n) is 5.30. The lowest BCUT2D eigenvalue weighted by Crippen LogP contribution is -2.52. The van der Waals surface area contributed by atoms with Gasteiger partial charge in [0, 0.05) is 9.65 Å². The van der Waals surface area contributed by atoms with Crippen LogP contribution in [0.3, 0.4) is 0 Å². The van der Waals surface area contributed by atoms with Crippen molar-refractivity contribution in [2.75, 3.05) is 0 Å². The molecule has 0 N–H and O–H groups in total. The van der Waals surface area contributed by atoms with Gasteiger partial charge in [-0.25, -0.2) is 0 Å². The molecule has 2 amide bonds. The minimum atomic E-state index is -1.34. The van der Waals surface area contributed by atoms with Crippen LogP contribution < -0.4 is 5.11 Å². The Morgan fingerprint density at radius 3 is 2.00 bits per heavy atom. The minimum Gasteiger partial charge on any atom is -0.548 e. The predicted molar refractivity (Wildman–Crippen MR) is 84.1 cm³/mol. The first-order valence-corrected chi connectivity index (χ1v) is 9.44. The Labute approximate surface area is 146 Å². The fourth-order valence-corrected chi connectivity index (χ4v) is 6.31. The number of rotatable bonds is 4. The molecule has 22 heavy (non-hydrogen) atoms. The highest BCUT2D eigenvalue weighted by molar-refractivity contribution is 9.12. The van der Waals surface area contributed by atoms with Crippen LogP contribution in [-0.2, 0) is 14.4 Å². The summed E-state index contributed by atoms with van der Waals surface area (Å²) in [6.45, 7) is 3.74. The zero-order valence-electron chi connectivity index (χ0n) is 12.4. The molecular weight excluding hydrogens is 418 g/mol. The number of imide groups is 1. The highest BCUT2D eigenvalue weighted by atomic mass is 79.9. The number of alkyl halides is 2. The molecule has 122 valence electrons. The topological polar surface area (TPSA) is 77.5 Å². The van der Waals surface area contributed by atoms with E-state index in [2.05, 4.69) is 31.9 Å². The second-order valence-electron chi connectivity index (χ2n) is 7.01. The number of fused-ring (bicyclic) bond motifs is 5. The molecule has 3 fully saturated rings. The number of hydrogen-bond donors (Lipinski definition) is 0. The Hall–Kier alpha value is -0.430. The molecule has 3 aliphatic rings.